The van der Waals surface area contributed by atoms with Gasteiger partial charge in [-0.15, -0.1) is 0 Å². The summed E-state index contributed by atoms with van der Waals surface area (Å²) in [6.45, 7) is 1.64. The molecular weight excluding hydrogens is 535 g/mol. The van der Waals surface area contributed by atoms with Crippen molar-refractivity contribution < 1.29 is 24.2 Å². The Balaban J connectivity index is 1.38. The Kier molecular flexibility index (Phi) is 6.64. The van der Waals surface area contributed by atoms with Gasteiger partial charge in [0.1, 0.15) is 12.6 Å². The number of carboxylic acid groups (broad SMARTS) is 1. The lowest BCUT2D eigenvalue weighted by Gasteiger charge is -2.17. The van der Waals surface area contributed by atoms with Crippen molar-refractivity contribution in [1.82, 2.24) is 5.32 Å². The maximum absolute atomic E-state index is 12.5. The lowest BCUT2D eigenvalue weighted by molar-refractivity contribution is -0.117. The number of amides is 2. The predicted octanol–water partition coefficient (Wildman–Crippen LogP) is 4.86. The van der Waals surface area contributed by atoms with E-state index in [1.54, 1.807) is 6.07 Å². The predicted molar refractivity (Wildman–Crippen MR) is 132 cm³/mol. The normalized spacial score (nSPS) is 12.9. The van der Waals surface area contributed by atoms with E-state index in [2.05, 4.69) is 22.8 Å². The van der Waals surface area contributed by atoms with Crippen LogP contribution in [-0.2, 0) is 9.53 Å². The molecule has 0 bridgehead atoms. The minimum absolute atomic E-state index is 0.0245. The molecule has 0 saturated heterocycles. The van der Waals surface area contributed by atoms with Crippen molar-refractivity contribution in [2.24, 2.45) is 0 Å². The van der Waals surface area contributed by atoms with Gasteiger partial charge in [0.15, 0.2) is 0 Å². The number of nitrogens with one attached hydrogen (secondary N) is 2. The summed E-state index contributed by atoms with van der Waals surface area (Å²) < 4.78 is 6.19. The van der Waals surface area contributed by atoms with E-state index < -0.39 is 24.0 Å². The monoisotopic (exact) mass is 556 g/mol. The van der Waals surface area contributed by atoms with Crippen LogP contribution in [0.2, 0.25) is 0 Å². The molecule has 33 heavy (non-hydrogen) atoms. The van der Waals surface area contributed by atoms with Crippen LogP contribution in [-0.4, -0.2) is 35.7 Å². The van der Waals surface area contributed by atoms with E-state index in [0.29, 0.717) is 0 Å². The number of fused-ring (bicyclic) bond motifs is 3. The molecule has 0 aromatic heterocycles. The van der Waals surface area contributed by atoms with Crippen LogP contribution in [0.15, 0.2) is 66.7 Å². The van der Waals surface area contributed by atoms with Crippen molar-refractivity contribution in [3.05, 3.63) is 87.0 Å². The van der Waals surface area contributed by atoms with Gasteiger partial charge in [-0.2, -0.15) is 0 Å². The third-order valence-corrected chi connectivity index (χ3v) is 6.21. The van der Waals surface area contributed by atoms with Crippen molar-refractivity contribution >= 4 is 46.2 Å². The molecular formula is C25H21IN2O5. The van der Waals surface area contributed by atoms with Crippen molar-refractivity contribution in [2.75, 3.05) is 11.9 Å². The topological polar surface area (TPSA) is 105 Å². The highest BCUT2D eigenvalue weighted by molar-refractivity contribution is 14.1. The SMILES string of the molecule is CC(NC(=O)OCC1c2ccccc2-c2ccccc21)C(=O)Nc1ccc(I)cc1C(=O)O. The van der Waals surface area contributed by atoms with Crippen molar-refractivity contribution in [3.63, 3.8) is 0 Å². The summed E-state index contributed by atoms with van der Waals surface area (Å²) in [6, 6.07) is 19.8. The summed E-state index contributed by atoms with van der Waals surface area (Å²) in [7, 11) is 0. The van der Waals surface area contributed by atoms with Crippen LogP contribution < -0.4 is 10.6 Å². The lowest BCUT2D eigenvalue weighted by Crippen LogP contribution is -2.42. The van der Waals surface area contributed by atoms with Gasteiger partial charge < -0.3 is 20.5 Å². The number of ether oxygens (including phenoxy) is 1. The summed E-state index contributed by atoms with van der Waals surface area (Å²) in [6.07, 6.45) is -0.722. The van der Waals surface area contributed by atoms with Gasteiger partial charge in [0.05, 0.1) is 11.3 Å². The van der Waals surface area contributed by atoms with Crippen molar-refractivity contribution in [3.8, 4) is 11.1 Å². The Morgan fingerprint density at radius 2 is 1.61 bits per heavy atom. The van der Waals surface area contributed by atoms with Crippen LogP contribution in [0.1, 0.15) is 34.3 Å². The number of anilines is 1. The molecule has 0 fully saturated rings. The highest BCUT2D eigenvalue weighted by Gasteiger charge is 2.29. The van der Waals surface area contributed by atoms with Crippen LogP contribution in [0.4, 0.5) is 10.5 Å². The van der Waals surface area contributed by atoms with E-state index in [0.717, 1.165) is 25.8 Å². The molecule has 0 saturated carbocycles. The Bertz CT molecular complexity index is 1200. The molecule has 3 aromatic rings. The molecule has 1 aliphatic rings. The van der Waals surface area contributed by atoms with Gasteiger partial charge in [0.2, 0.25) is 5.91 Å². The molecule has 168 valence electrons. The second-order valence-electron chi connectivity index (χ2n) is 7.68. The highest BCUT2D eigenvalue weighted by atomic mass is 127. The number of carbonyl (C=O) groups excluding carboxylic acids is 2. The zero-order chi connectivity index (χ0) is 23.5. The highest BCUT2D eigenvalue weighted by Crippen LogP contribution is 2.44. The van der Waals surface area contributed by atoms with Gasteiger partial charge in [-0.25, -0.2) is 9.59 Å². The second kappa shape index (κ2) is 9.62. The maximum Gasteiger partial charge on any atom is 0.407 e. The average molecular weight is 556 g/mol. The third kappa shape index (κ3) is 4.85. The van der Waals surface area contributed by atoms with E-state index in [1.807, 2.05) is 59.0 Å². The van der Waals surface area contributed by atoms with Gasteiger partial charge in [-0.05, 0) is 70.0 Å². The molecule has 4 rings (SSSR count). The van der Waals surface area contributed by atoms with E-state index in [9.17, 15) is 19.5 Å². The van der Waals surface area contributed by atoms with Crippen molar-refractivity contribution in [1.29, 1.82) is 0 Å². The van der Waals surface area contributed by atoms with E-state index in [-0.39, 0.29) is 23.8 Å². The van der Waals surface area contributed by atoms with Gasteiger partial charge in [0, 0.05) is 9.49 Å². The molecule has 0 radical (unpaired) electrons. The summed E-state index contributed by atoms with van der Waals surface area (Å²) >= 11 is 1.99. The number of hydrogen-bond acceptors (Lipinski definition) is 4. The quantitative estimate of drug-likeness (QED) is 0.377. The van der Waals surface area contributed by atoms with Gasteiger partial charge >= 0.3 is 12.1 Å². The van der Waals surface area contributed by atoms with Crippen LogP contribution >= 0.6 is 22.6 Å². The molecule has 3 N–H and O–H groups in total. The fraction of sp³-hybridized carbons (Fsp3) is 0.160. The van der Waals surface area contributed by atoms with E-state index in [4.69, 9.17) is 4.74 Å². The minimum Gasteiger partial charge on any atom is -0.478 e. The van der Waals surface area contributed by atoms with Crippen LogP contribution in [0.25, 0.3) is 11.1 Å². The number of hydrogen-bond donors (Lipinski definition) is 3. The summed E-state index contributed by atoms with van der Waals surface area (Å²) in [5, 5.41) is 14.4. The Morgan fingerprint density at radius 3 is 2.21 bits per heavy atom. The van der Waals surface area contributed by atoms with Crippen LogP contribution in [0.5, 0.6) is 0 Å². The van der Waals surface area contributed by atoms with Gasteiger partial charge in [-0.3, -0.25) is 4.79 Å². The van der Waals surface area contributed by atoms with E-state index >= 15 is 0 Å². The molecule has 8 heteroatoms. The number of benzene rings is 3. The maximum atomic E-state index is 12.5. The van der Waals surface area contributed by atoms with Crippen molar-refractivity contribution in [2.45, 2.75) is 18.9 Å². The largest absolute Gasteiger partial charge is 0.478 e. The zero-order valence-corrected chi connectivity index (χ0v) is 19.8. The number of rotatable bonds is 6. The smallest absolute Gasteiger partial charge is 0.407 e. The lowest BCUT2D eigenvalue weighted by atomic mass is 9.98. The zero-order valence-electron chi connectivity index (χ0n) is 17.7. The average Bonchev–Trinajstić information content (AvgIpc) is 3.12. The first kappa shape index (κ1) is 22.8. The summed E-state index contributed by atoms with van der Waals surface area (Å²) in [5.41, 5.74) is 4.58. The molecule has 1 unspecified atom stereocenters. The molecule has 1 aliphatic carbocycles. The fourth-order valence-electron chi connectivity index (χ4n) is 3.93. The Hall–Kier alpha value is -3.40. The van der Waals surface area contributed by atoms with Crippen LogP contribution in [0.3, 0.4) is 0 Å². The fourth-order valence-corrected chi connectivity index (χ4v) is 4.42. The molecule has 0 heterocycles. The third-order valence-electron chi connectivity index (χ3n) is 5.54. The molecule has 0 aliphatic heterocycles. The molecule has 1 atom stereocenters. The van der Waals surface area contributed by atoms with Gasteiger partial charge in [0.25, 0.3) is 0 Å². The molecule has 0 spiro atoms. The minimum atomic E-state index is -1.15. The summed E-state index contributed by atoms with van der Waals surface area (Å²) in [4.78, 5) is 36.4. The van der Waals surface area contributed by atoms with Crippen LogP contribution in [0, 0.1) is 3.57 Å². The first-order valence-corrected chi connectivity index (χ1v) is 11.4. The molecule has 3 aromatic carbocycles. The first-order valence-electron chi connectivity index (χ1n) is 10.3. The summed E-state index contributed by atoms with van der Waals surface area (Å²) in [5.74, 6) is -1.79. The standard InChI is InChI=1S/C25H21IN2O5/c1-14(23(29)28-22-11-10-15(26)12-20(22)24(30)31)27-25(32)33-13-21-18-8-4-2-6-16(18)17-7-3-5-9-19(17)21/h2-12,14,21H,13H2,1H3,(H,27,32)(H,28,29)(H,30,31). The number of carboxylic acids is 1. The van der Waals surface area contributed by atoms with E-state index in [1.165, 1.54) is 19.1 Å². The number of halogens is 1. The first-order chi connectivity index (χ1) is 15.8. The number of alkyl carbamates (subject to hydrolysis) is 1. The van der Waals surface area contributed by atoms with Gasteiger partial charge in [-0.1, -0.05) is 48.5 Å². The second-order valence-corrected chi connectivity index (χ2v) is 8.92. The number of aromatic carboxylic acids is 1. The number of carbonyl (C=O) groups is 3. The molecule has 2 amide bonds. The molecule has 7 nitrogen and oxygen atoms in total. The Morgan fingerprint density at radius 1 is 1.00 bits per heavy atom. The Labute approximate surface area is 204 Å².